The maximum Gasteiger partial charge on any atom is 0.410 e. The summed E-state index contributed by atoms with van der Waals surface area (Å²) in [6.07, 6.45) is 3.71. The van der Waals surface area contributed by atoms with Crippen molar-refractivity contribution in [2.75, 3.05) is 51.8 Å². The second kappa shape index (κ2) is 14.3. The van der Waals surface area contributed by atoms with Gasteiger partial charge in [-0.05, 0) is 58.0 Å². The molecule has 226 valence electrons. The molecule has 0 saturated carbocycles. The molecule has 1 aromatic carbocycles. The van der Waals surface area contributed by atoms with Gasteiger partial charge in [0, 0.05) is 58.2 Å². The molecule has 0 bridgehead atoms. The second-order valence-corrected chi connectivity index (χ2v) is 12.1. The Morgan fingerprint density at radius 3 is 2.15 bits per heavy atom. The smallest absolute Gasteiger partial charge is 0.410 e. The molecule has 41 heavy (non-hydrogen) atoms. The lowest BCUT2D eigenvalue weighted by molar-refractivity contribution is -0.137. The number of carbonyl (C=O) groups is 2. The zero-order chi connectivity index (χ0) is 31.0. The number of carbonyl (C=O) groups excluding carboxylic acids is 2. The number of benzene rings is 1. The van der Waals surface area contributed by atoms with Crippen LogP contribution in [0, 0.1) is 0 Å². The van der Waals surface area contributed by atoms with Crippen molar-refractivity contribution in [3.8, 4) is 5.69 Å². The molecule has 0 atom stereocenters. The fourth-order valence-corrected chi connectivity index (χ4v) is 4.64. The van der Waals surface area contributed by atoms with Crippen LogP contribution in [0.3, 0.4) is 0 Å². The van der Waals surface area contributed by atoms with E-state index in [9.17, 15) is 22.8 Å². The van der Waals surface area contributed by atoms with E-state index in [-0.39, 0.29) is 17.3 Å². The number of hydrogen-bond acceptors (Lipinski definition) is 9. The zero-order valence-corrected chi connectivity index (χ0v) is 25.9. The number of piperazine rings is 1. The number of aromatic nitrogens is 2. The first kappa shape index (κ1) is 33.5. The number of ether oxygens (including phenoxy) is 2. The van der Waals surface area contributed by atoms with Crippen molar-refractivity contribution in [3.63, 3.8) is 0 Å². The molecule has 0 aliphatic carbocycles. The Morgan fingerprint density at radius 1 is 1.05 bits per heavy atom. The Morgan fingerprint density at radius 2 is 1.63 bits per heavy atom. The predicted octanol–water partition coefficient (Wildman–Crippen LogP) is 3.14. The summed E-state index contributed by atoms with van der Waals surface area (Å²) in [5.74, 6) is -0.419. The summed E-state index contributed by atoms with van der Waals surface area (Å²) < 4.78 is 37.8. The summed E-state index contributed by atoms with van der Waals surface area (Å²) >= 11 is 0. The van der Waals surface area contributed by atoms with Gasteiger partial charge in [0.2, 0.25) is 10.0 Å². The van der Waals surface area contributed by atoms with E-state index in [2.05, 4.69) is 4.98 Å². The minimum Gasteiger partial charge on any atom is -0.463 e. The number of hydrogen-bond donors (Lipinski definition) is 0. The van der Waals surface area contributed by atoms with Gasteiger partial charge in [-0.1, -0.05) is 13.8 Å². The van der Waals surface area contributed by atoms with E-state index in [0.29, 0.717) is 37.6 Å². The van der Waals surface area contributed by atoms with Crippen LogP contribution in [0.25, 0.3) is 11.8 Å². The number of amides is 1. The van der Waals surface area contributed by atoms with E-state index in [1.54, 1.807) is 37.5 Å². The van der Waals surface area contributed by atoms with E-state index in [4.69, 9.17) is 9.47 Å². The second-order valence-electron chi connectivity index (χ2n) is 9.99. The molecule has 1 aliphatic heterocycles. The maximum atomic E-state index is 13.6. The van der Waals surface area contributed by atoms with E-state index >= 15 is 0 Å². The lowest BCUT2D eigenvalue weighted by Gasteiger charge is -2.36. The first-order valence-corrected chi connectivity index (χ1v) is 14.9. The van der Waals surface area contributed by atoms with E-state index in [0.717, 1.165) is 4.31 Å². The number of sulfonamides is 1. The molecule has 2 heterocycles. The largest absolute Gasteiger partial charge is 0.463 e. The molecule has 0 N–H and O–H groups in total. The monoisotopic (exact) mass is 591 g/mol. The Kier molecular flexibility index (Phi) is 11.7. The van der Waals surface area contributed by atoms with Crippen LogP contribution in [0.5, 0.6) is 0 Å². The van der Waals surface area contributed by atoms with Crippen molar-refractivity contribution in [2.24, 2.45) is 0 Å². The molecule has 1 fully saturated rings. The van der Waals surface area contributed by atoms with Crippen LogP contribution in [0.1, 0.15) is 47.2 Å². The van der Waals surface area contributed by atoms with Gasteiger partial charge >= 0.3 is 12.1 Å². The number of nitrogens with zero attached hydrogens (tertiary/aromatic N) is 5. The van der Waals surface area contributed by atoms with Crippen molar-refractivity contribution in [1.82, 2.24) is 18.8 Å². The summed E-state index contributed by atoms with van der Waals surface area (Å²) in [7, 11) is -0.770. The van der Waals surface area contributed by atoms with Crippen LogP contribution >= 0.6 is 0 Å². The molecule has 1 aliphatic rings. The lowest BCUT2D eigenvalue weighted by atomic mass is 10.2. The summed E-state index contributed by atoms with van der Waals surface area (Å²) in [5, 5.41) is 0. The van der Waals surface area contributed by atoms with Crippen LogP contribution < -0.4 is 10.5 Å². The SMILES string of the molecule is CC.CCOC(=O)/C=C/c1cn(-c2ccc(S(=O)(=O)N(C)C)cc2)c(=O)c(N2CCN(C(=O)OC(C)(C)C)CC2)n1. The molecule has 12 nitrogen and oxygen atoms in total. The molecule has 1 amide bonds. The summed E-state index contributed by atoms with van der Waals surface area (Å²) in [5.41, 5.74) is -0.321. The molecular weight excluding hydrogens is 550 g/mol. The Labute approximate surface area is 242 Å². The van der Waals surface area contributed by atoms with Crippen LogP contribution in [0.15, 0.2) is 46.2 Å². The quantitative estimate of drug-likeness (QED) is 0.352. The molecular formula is C28H41N5O7S. The standard InChI is InChI=1S/C26H35N5O7S.C2H6/c1-7-37-22(32)13-8-19-18-31(20-9-11-21(12-10-20)39(35,36)28(5)6)24(33)23(27-19)29-14-16-30(17-15-29)25(34)38-26(2,3)4;1-2/h8-13,18H,7,14-17H2,1-6H3;1-2H3/b13-8+;. The van der Waals surface area contributed by atoms with Crippen molar-refractivity contribution in [2.45, 2.75) is 52.0 Å². The first-order chi connectivity index (χ1) is 19.2. The van der Waals surface area contributed by atoms with Gasteiger partial charge in [0.25, 0.3) is 5.56 Å². The number of anilines is 1. The van der Waals surface area contributed by atoms with E-state index < -0.39 is 33.2 Å². The third-order valence-corrected chi connectivity index (χ3v) is 7.54. The van der Waals surface area contributed by atoms with Crippen LogP contribution in [0.4, 0.5) is 10.6 Å². The highest BCUT2D eigenvalue weighted by atomic mass is 32.2. The zero-order valence-electron chi connectivity index (χ0n) is 25.1. The molecule has 0 unspecified atom stereocenters. The van der Waals surface area contributed by atoms with Gasteiger partial charge in [0.15, 0.2) is 5.82 Å². The van der Waals surface area contributed by atoms with Crippen molar-refractivity contribution in [3.05, 3.63) is 52.6 Å². The first-order valence-electron chi connectivity index (χ1n) is 13.5. The molecule has 1 aromatic heterocycles. The highest BCUT2D eigenvalue weighted by molar-refractivity contribution is 7.89. The van der Waals surface area contributed by atoms with Gasteiger partial charge in [-0.3, -0.25) is 9.36 Å². The van der Waals surface area contributed by atoms with Crippen molar-refractivity contribution >= 4 is 34.0 Å². The molecule has 2 aromatic rings. The van der Waals surface area contributed by atoms with Crippen LogP contribution in [-0.2, 0) is 24.3 Å². The van der Waals surface area contributed by atoms with E-state index in [1.165, 1.54) is 61.3 Å². The van der Waals surface area contributed by atoms with Crippen LogP contribution in [0.2, 0.25) is 0 Å². The fraction of sp³-hybridized carbons (Fsp3) is 0.500. The summed E-state index contributed by atoms with van der Waals surface area (Å²) in [6, 6.07) is 5.90. The van der Waals surface area contributed by atoms with Gasteiger partial charge in [-0.2, -0.15) is 0 Å². The predicted molar refractivity (Wildman–Crippen MR) is 158 cm³/mol. The third kappa shape index (κ3) is 8.89. The van der Waals surface area contributed by atoms with E-state index in [1.807, 2.05) is 13.8 Å². The minimum atomic E-state index is -3.65. The van der Waals surface area contributed by atoms with Gasteiger partial charge in [0.05, 0.1) is 17.2 Å². The maximum absolute atomic E-state index is 13.6. The highest BCUT2D eigenvalue weighted by Crippen LogP contribution is 2.19. The molecule has 1 saturated heterocycles. The Hall–Kier alpha value is -3.71. The summed E-state index contributed by atoms with van der Waals surface area (Å²) in [6.45, 7) is 12.6. The Balaban J connectivity index is 0.00000287. The minimum absolute atomic E-state index is 0.0827. The number of esters is 1. The highest BCUT2D eigenvalue weighted by Gasteiger charge is 2.28. The topological polar surface area (TPSA) is 131 Å². The van der Waals surface area contributed by atoms with Crippen LogP contribution in [-0.4, -0.2) is 91.7 Å². The van der Waals surface area contributed by atoms with Crippen molar-refractivity contribution in [1.29, 1.82) is 0 Å². The van der Waals surface area contributed by atoms with Gasteiger partial charge in [-0.15, -0.1) is 0 Å². The molecule has 0 spiro atoms. The fourth-order valence-electron chi connectivity index (χ4n) is 3.74. The number of rotatable bonds is 7. The average molecular weight is 592 g/mol. The molecule has 13 heteroatoms. The Bertz CT molecular complexity index is 1390. The molecule has 0 radical (unpaired) electrons. The van der Waals surface area contributed by atoms with Crippen molar-refractivity contribution < 1.29 is 27.5 Å². The average Bonchev–Trinajstić information content (AvgIpc) is 2.93. The third-order valence-electron chi connectivity index (χ3n) is 5.71. The lowest BCUT2D eigenvalue weighted by Crippen LogP contribution is -2.51. The molecule has 3 rings (SSSR count). The van der Waals surface area contributed by atoms with Gasteiger partial charge in [-0.25, -0.2) is 27.3 Å². The normalized spacial score (nSPS) is 14.1. The summed E-state index contributed by atoms with van der Waals surface area (Å²) in [4.78, 5) is 45.8. The van der Waals surface area contributed by atoms with Gasteiger partial charge in [0.1, 0.15) is 5.60 Å². The van der Waals surface area contributed by atoms with Gasteiger partial charge < -0.3 is 19.3 Å².